The molecule has 0 rings (SSSR count). The van der Waals surface area contributed by atoms with Crippen molar-refractivity contribution in [2.75, 3.05) is 52.7 Å². The van der Waals surface area contributed by atoms with Crippen molar-refractivity contribution < 1.29 is 19.0 Å². The molecule has 0 unspecified atom stereocenters. The summed E-state index contributed by atoms with van der Waals surface area (Å²) in [6.07, 6.45) is 0. The highest BCUT2D eigenvalue weighted by Gasteiger charge is 2.12. The van der Waals surface area contributed by atoms with E-state index in [1.165, 1.54) is 0 Å². The summed E-state index contributed by atoms with van der Waals surface area (Å²) >= 11 is 0. The second-order valence-electron chi connectivity index (χ2n) is 4.66. The first kappa shape index (κ1) is 17.0. The van der Waals surface area contributed by atoms with Gasteiger partial charge < -0.3 is 24.3 Å². The van der Waals surface area contributed by atoms with Gasteiger partial charge in [0.2, 0.25) is 0 Å². The minimum Gasteiger partial charge on any atom is -0.416 e. The molecule has 0 aliphatic carbocycles. The Hall–Kier alpha value is 0.0169. The molecule has 104 valence electrons. The van der Waals surface area contributed by atoms with Gasteiger partial charge in [0.1, 0.15) is 0 Å². The minimum absolute atomic E-state index is 0.0681. The smallest absolute Gasteiger partial charge is 0.183 e. The van der Waals surface area contributed by atoms with Crippen molar-refractivity contribution in [1.82, 2.24) is 5.32 Å². The molecule has 0 spiro atoms. The van der Waals surface area contributed by atoms with Gasteiger partial charge in [0.15, 0.2) is 8.32 Å². The summed E-state index contributed by atoms with van der Waals surface area (Å²) in [7, 11) is -1.36. The zero-order valence-corrected chi connectivity index (χ0v) is 12.3. The first-order valence-electron chi connectivity index (χ1n) is 6.17. The molecule has 0 aromatic carbocycles. The van der Waals surface area contributed by atoms with Crippen LogP contribution in [-0.2, 0) is 13.9 Å². The first-order chi connectivity index (χ1) is 8.06. The van der Waals surface area contributed by atoms with Crippen molar-refractivity contribution in [3.63, 3.8) is 0 Å². The van der Waals surface area contributed by atoms with Crippen LogP contribution in [0.4, 0.5) is 0 Å². The fourth-order valence-electron chi connectivity index (χ4n) is 1.09. The van der Waals surface area contributed by atoms with Crippen molar-refractivity contribution >= 4 is 8.32 Å². The highest BCUT2D eigenvalue weighted by atomic mass is 28.4. The standard InChI is InChI=1S/C11H27NO4Si/c1-17(2,3)16-8-5-12-4-7-14-10-11-15-9-6-13/h12-13H,4-11H2,1-3H3. The van der Waals surface area contributed by atoms with Crippen LogP contribution in [0.5, 0.6) is 0 Å². The summed E-state index contributed by atoms with van der Waals surface area (Å²) in [6, 6.07) is 0. The van der Waals surface area contributed by atoms with E-state index in [2.05, 4.69) is 25.0 Å². The van der Waals surface area contributed by atoms with Crippen molar-refractivity contribution in [2.24, 2.45) is 0 Å². The Balaban J connectivity index is 2.99. The maximum Gasteiger partial charge on any atom is 0.183 e. The fraction of sp³-hybridized carbons (Fsp3) is 1.00. The number of ether oxygens (including phenoxy) is 2. The van der Waals surface area contributed by atoms with Gasteiger partial charge in [0.05, 0.1) is 33.0 Å². The van der Waals surface area contributed by atoms with E-state index in [1.54, 1.807) is 0 Å². The summed E-state index contributed by atoms with van der Waals surface area (Å²) in [5.74, 6) is 0. The predicted octanol–water partition coefficient (Wildman–Crippen LogP) is 0.453. The van der Waals surface area contributed by atoms with Crippen LogP contribution in [0.15, 0.2) is 0 Å². The lowest BCUT2D eigenvalue weighted by atomic mass is 10.6. The molecule has 0 amide bonds. The molecule has 2 N–H and O–H groups in total. The molecule has 0 aliphatic heterocycles. The molecule has 0 aliphatic rings. The molecule has 6 heteroatoms. The second kappa shape index (κ2) is 11.1. The van der Waals surface area contributed by atoms with Crippen molar-refractivity contribution in [3.05, 3.63) is 0 Å². The van der Waals surface area contributed by atoms with Gasteiger partial charge >= 0.3 is 0 Å². The Morgan fingerprint density at radius 3 is 2.06 bits per heavy atom. The molecule has 0 saturated carbocycles. The summed E-state index contributed by atoms with van der Waals surface area (Å²) in [5, 5.41) is 11.7. The predicted molar refractivity (Wildman–Crippen MR) is 70.9 cm³/mol. The van der Waals surface area contributed by atoms with Crippen LogP contribution < -0.4 is 5.32 Å². The molecule has 0 heterocycles. The van der Waals surface area contributed by atoms with Crippen molar-refractivity contribution in [1.29, 1.82) is 0 Å². The Labute approximate surface area is 106 Å². The van der Waals surface area contributed by atoms with E-state index in [-0.39, 0.29) is 6.61 Å². The minimum atomic E-state index is -1.36. The number of hydrogen-bond acceptors (Lipinski definition) is 5. The maximum atomic E-state index is 8.46. The van der Waals surface area contributed by atoms with E-state index < -0.39 is 8.32 Å². The highest BCUT2D eigenvalue weighted by molar-refractivity contribution is 6.69. The van der Waals surface area contributed by atoms with Crippen LogP contribution in [0.2, 0.25) is 19.6 Å². The van der Waals surface area contributed by atoms with Gasteiger partial charge in [-0.1, -0.05) is 0 Å². The average Bonchev–Trinajstić information content (AvgIpc) is 2.24. The molecule has 0 bridgehead atoms. The third kappa shape index (κ3) is 16.0. The van der Waals surface area contributed by atoms with Gasteiger partial charge in [-0.3, -0.25) is 0 Å². The van der Waals surface area contributed by atoms with E-state index in [9.17, 15) is 0 Å². The van der Waals surface area contributed by atoms with Crippen LogP contribution in [0.25, 0.3) is 0 Å². The van der Waals surface area contributed by atoms with Crippen LogP contribution in [0, 0.1) is 0 Å². The molecule has 0 aromatic heterocycles. The SMILES string of the molecule is C[Si](C)(C)OCCNCCOCCOCCO. The molecule has 0 atom stereocenters. The average molecular weight is 265 g/mol. The number of rotatable bonds is 12. The fourth-order valence-corrected chi connectivity index (χ4v) is 1.80. The third-order valence-electron chi connectivity index (χ3n) is 1.84. The van der Waals surface area contributed by atoms with Crippen LogP contribution in [-0.4, -0.2) is 66.2 Å². The van der Waals surface area contributed by atoms with Crippen LogP contribution >= 0.6 is 0 Å². The zero-order chi connectivity index (χ0) is 13.0. The van der Waals surface area contributed by atoms with E-state index in [4.69, 9.17) is 19.0 Å². The van der Waals surface area contributed by atoms with E-state index in [0.29, 0.717) is 26.4 Å². The number of nitrogens with one attached hydrogen (secondary N) is 1. The zero-order valence-electron chi connectivity index (χ0n) is 11.3. The summed E-state index contributed by atoms with van der Waals surface area (Å²) in [5.41, 5.74) is 0. The Morgan fingerprint density at radius 1 is 0.882 bits per heavy atom. The van der Waals surface area contributed by atoms with Gasteiger partial charge in [0, 0.05) is 19.7 Å². The molecular weight excluding hydrogens is 238 g/mol. The van der Waals surface area contributed by atoms with Crippen molar-refractivity contribution in [2.45, 2.75) is 19.6 Å². The molecule has 0 radical (unpaired) electrons. The van der Waals surface area contributed by atoms with Crippen molar-refractivity contribution in [3.8, 4) is 0 Å². The Kier molecular flexibility index (Phi) is 11.1. The van der Waals surface area contributed by atoms with Gasteiger partial charge in [-0.15, -0.1) is 0 Å². The lowest BCUT2D eigenvalue weighted by molar-refractivity contribution is 0.0339. The van der Waals surface area contributed by atoms with Crippen LogP contribution in [0.1, 0.15) is 0 Å². The third-order valence-corrected chi connectivity index (χ3v) is 2.91. The molecule has 0 aromatic rings. The summed E-state index contributed by atoms with van der Waals surface area (Å²) in [6.45, 7) is 11.3. The van der Waals surface area contributed by atoms with Crippen LogP contribution in [0.3, 0.4) is 0 Å². The quantitative estimate of drug-likeness (QED) is 0.396. The normalized spacial score (nSPS) is 12.0. The second-order valence-corrected chi connectivity index (χ2v) is 9.17. The van der Waals surface area contributed by atoms with Gasteiger partial charge in [-0.2, -0.15) is 0 Å². The summed E-state index contributed by atoms with van der Waals surface area (Å²) < 4.78 is 16.1. The van der Waals surface area contributed by atoms with Gasteiger partial charge in [0.25, 0.3) is 0 Å². The van der Waals surface area contributed by atoms with Gasteiger partial charge in [-0.05, 0) is 19.6 Å². The topological polar surface area (TPSA) is 60.0 Å². The number of aliphatic hydroxyl groups is 1. The lowest BCUT2D eigenvalue weighted by Crippen LogP contribution is -2.31. The number of hydrogen-bond donors (Lipinski definition) is 2. The number of aliphatic hydroxyl groups excluding tert-OH is 1. The lowest BCUT2D eigenvalue weighted by Gasteiger charge is -2.17. The Bertz CT molecular complexity index is 164. The highest BCUT2D eigenvalue weighted by Crippen LogP contribution is 2.00. The van der Waals surface area contributed by atoms with E-state index in [0.717, 1.165) is 19.7 Å². The molecule has 0 fully saturated rings. The van der Waals surface area contributed by atoms with E-state index >= 15 is 0 Å². The van der Waals surface area contributed by atoms with Gasteiger partial charge in [-0.25, -0.2) is 0 Å². The first-order valence-corrected chi connectivity index (χ1v) is 9.58. The molecule has 0 saturated heterocycles. The monoisotopic (exact) mass is 265 g/mol. The molecule has 5 nitrogen and oxygen atoms in total. The molecule has 17 heavy (non-hydrogen) atoms. The molecular formula is C11H27NO4Si. The maximum absolute atomic E-state index is 8.46. The largest absolute Gasteiger partial charge is 0.416 e. The Morgan fingerprint density at radius 2 is 1.47 bits per heavy atom. The van der Waals surface area contributed by atoms with E-state index in [1.807, 2.05) is 0 Å². The summed E-state index contributed by atoms with van der Waals surface area (Å²) in [4.78, 5) is 0.